The minimum Gasteiger partial charge on any atom is -0.354 e. The number of amides is 3. The van der Waals surface area contributed by atoms with E-state index < -0.39 is 29.2 Å². The first-order valence-corrected chi connectivity index (χ1v) is 17.8. The highest BCUT2D eigenvalue weighted by Gasteiger charge is 2.38. The van der Waals surface area contributed by atoms with Crippen molar-refractivity contribution in [1.82, 2.24) is 34.3 Å². The number of terminal acetylenes is 1. The van der Waals surface area contributed by atoms with Crippen LogP contribution in [-0.4, -0.2) is 59.4 Å². The largest absolute Gasteiger partial charge is 0.354 e. The van der Waals surface area contributed by atoms with Crippen LogP contribution in [0.3, 0.4) is 0 Å². The average Bonchev–Trinajstić information content (AvgIpc) is 3.40. The van der Waals surface area contributed by atoms with Gasteiger partial charge in [-0.25, -0.2) is 9.37 Å². The molecular formula is C36H34ClFN10O4S. The number of carbonyl (C=O) groups is 4. The summed E-state index contributed by atoms with van der Waals surface area (Å²) in [5.74, 6) is -0.739. The minimum absolute atomic E-state index is 0.0207. The summed E-state index contributed by atoms with van der Waals surface area (Å²) < 4.78 is 22.4. The smallest absolute Gasteiger partial charge is 0.287 e. The Morgan fingerprint density at radius 1 is 1.06 bits per heavy atom. The van der Waals surface area contributed by atoms with Crippen molar-refractivity contribution in [3.05, 3.63) is 94.0 Å². The van der Waals surface area contributed by atoms with E-state index in [1.54, 1.807) is 31.3 Å². The van der Waals surface area contributed by atoms with Crippen LogP contribution in [0.2, 0.25) is 5.02 Å². The molecule has 53 heavy (non-hydrogen) atoms. The van der Waals surface area contributed by atoms with Crippen molar-refractivity contribution in [2.75, 3.05) is 11.9 Å². The van der Waals surface area contributed by atoms with E-state index in [9.17, 15) is 23.6 Å². The summed E-state index contributed by atoms with van der Waals surface area (Å²) in [7, 11) is 0. The Labute approximate surface area is 312 Å². The zero-order valence-corrected chi connectivity index (χ0v) is 30.3. The van der Waals surface area contributed by atoms with E-state index in [4.69, 9.17) is 18.0 Å². The zero-order valence-electron chi connectivity index (χ0n) is 28.7. The highest BCUT2D eigenvalue weighted by molar-refractivity contribution is 7.13. The molecule has 2 aromatic carbocycles. The Balaban J connectivity index is 1.21. The number of imidazole rings is 1. The fraction of sp³-hybridized carbons (Fsp3) is 0.306. The van der Waals surface area contributed by atoms with Crippen molar-refractivity contribution in [3.8, 4) is 12.3 Å². The Morgan fingerprint density at radius 3 is 2.60 bits per heavy atom. The fourth-order valence-corrected chi connectivity index (χ4v) is 6.93. The molecule has 0 bridgehead atoms. The molecule has 5 aromatic rings. The van der Waals surface area contributed by atoms with Crippen molar-refractivity contribution >= 4 is 62.5 Å². The van der Waals surface area contributed by atoms with Crippen LogP contribution in [0.4, 0.5) is 10.2 Å². The van der Waals surface area contributed by atoms with E-state index in [1.165, 1.54) is 34.4 Å². The number of hydrogen-bond acceptors (Lipinski definition) is 10. The van der Waals surface area contributed by atoms with Gasteiger partial charge in [0.25, 0.3) is 11.8 Å². The number of benzene rings is 2. The van der Waals surface area contributed by atoms with Crippen LogP contribution in [0.25, 0.3) is 10.1 Å². The number of fused-ring (bicyclic) bond motifs is 1. The molecular weight excluding hydrogens is 723 g/mol. The molecule has 0 unspecified atom stereocenters. The molecule has 14 nitrogen and oxygen atoms in total. The number of ketones is 1. The van der Waals surface area contributed by atoms with Gasteiger partial charge in [-0.2, -0.15) is 19.7 Å². The topological polar surface area (TPSA) is 178 Å². The lowest BCUT2D eigenvalue weighted by Crippen LogP contribution is -2.31. The predicted octanol–water partition coefficient (Wildman–Crippen LogP) is 5.49. The second-order valence-electron chi connectivity index (χ2n) is 12.5. The van der Waals surface area contributed by atoms with E-state index in [1.807, 2.05) is 12.1 Å². The summed E-state index contributed by atoms with van der Waals surface area (Å²) in [6.07, 6.45) is 8.69. The number of aromatic nitrogens is 5. The maximum absolute atomic E-state index is 14.5. The molecule has 0 spiro atoms. The number of Topliss-reactive ketones (excluding diaryl/α,β-unsaturated/α-hetero) is 1. The standard InChI is InChI=1S/C36H34ClFN10O4S/c1-4-5-13-36(45-46-36)14-15-39-29(50)20-47-16-12-24(43-47)18-40-35(52)33-41-32(42-34(51)30-25-8-6-7-9-28(25)53-44-30)31(48(33)19-21(2)49)22(3)26-17-23(38)10-11-27(26)37/h1,6-12,16-17,22H,5,13-15,18-20H2,2-3H3,(H,39,50)(H,40,52)(H,42,51)/t22-/m0/s1. The number of rotatable bonds is 16. The predicted molar refractivity (Wildman–Crippen MR) is 196 cm³/mol. The molecule has 3 N–H and O–H groups in total. The van der Waals surface area contributed by atoms with Crippen LogP contribution in [0, 0.1) is 18.2 Å². The van der Waals surface area contributed by atoms with Gasteiger partial charge < -0.3 is 20.5 Å². The van der Waals surface area contributed by atoms with Gasteiger partial charge in [-0.3, -0.25) is 23.9 Å². The third-order valence-corrected chi connectivity index (χ3v) is 9.75. The fourth-order valence-electron chi connectivity index (χ4n) is 5.87. The summed E-state index contributed by atoms with van der Waals surface area (Å²) in [5, 5.41) is 21.8. The number of anilines is 1. The quantitative estimate of drug-likeness (QED) is 0.112. The average molecular weight is 757 g/mol. The molecule has 3 amide bonds. The van der Waals surface area contributed by atoms with Crippen molar-refractivity contribution in [2.45, 2.75) is 64.3 Å². The van der Waals surface area contributed by atoms with E-state index in [0.29, 0.717) is 42.5 Å². The molecule has 0 saturated heterocycles. The molecule has 17 heteroatoms. The summed E-state index contributed by atoms with van der Waals surface area (Å²) >= 11 is 7.66. The molecule has 0 aliphatic carbocycles. The van der Waals surface area contributed by atoms with Gasteiger partial charge in [-0.05, 0) is 54.4 Å². The molecule has 6 rings (SSSR count). The number of nitrogens with zero attached hydrogens (tertiary/aromatic N) is 7. The molecule has 0 saturated carbocycles. The summed E-state index contributed by atoms with van der Waals surface area (Å²) in [4.78, 5) is 57.1. The Kier molecular flexibility index (Phi) is 11.1. The van der Waals surface area contributed by atoms with Crippen LogP contribution in [0.5, 0.6) is 0 Å². The number of hydrogen-bond donors (Lipinski definition) is 3. The van der Waals surface area contributed by atoms with Gasteiger partial charge in [0.15, 0.2) is 11.5 Å². The van der Waals surface area contributed by atoms with Gasteiger partial charge in [-0.15, -0.1) is 12.3 Å². The van der Waals surface area contributed by atoms with Crippen LogP contribution in [0.15, 0.2) is 65.0 Å². The van der Waals surface area contributed by atoms with Gasteiger partial charge in [0.2, 0.25) is 11.7 Å². The second kappa shape index (κ2) is 15.8. The third-order valence-electron chi connectivity index (χ3n) is 8.58. The van der Waals surface area contributed by atoms with Gasteiger partial charge in [0.1, 0.15) is 23.8 Å². The molecule has 1 atom stereocenters. The Hall–Kier alpha value is -5.79. The third kappa shape index (κ3) is 8.65. The maximum Gasteiger partial charge on any atom is 0.287 e. The van der Waals surface area contributed by atoms with E-state index >= 15 is 0 Å². The number of carbonyl (C=O) groups excluding carboxylic acids is 4. The van der Waals surface area contributed by atoms with Gasteiger partial charge in [0.05, 0.1) is 29.2 Å². The lowest BCUT2D eigenvalue weighted by molar-refractivity contribution is -0.122. The summed E-state index contributed by atoms with van der Waals surface area (Å²) in [6, 6.07) is 12.8. The molecule has 4 heterocycles. The highest BCUT2D eigenvalue weighted by Crippen LogP contribution is 2.37. The Bertz CT molecular complexity index is 2280. The molecule has 0 radical (unpaired) electrons. The van der Waals surface area contributed by atoms with E-state index in [2.05, 4.69) is 46.6 Å². The van der Waals surface area contributed by atoms with Crippen molar-refractivity contribution in [1.29, 1.82) is 0 Å². The monoisotopic (exact) mass is 756 g/mol. The molecule has 0 fully saturated rings. The summed E-state index contributed by atoms with van der Waals surface area (Å²) in [6.45, 7) is 3.05. The van der Waals surface area contributed by atoms with Crippen LogP contribution >= 0.6 is 23.1 Å². The molecule has 272 valence electrons. The lowest BCUT2D eigenvalue weighted by Gasteiger charge is -2.19. The minimum atomic E-state index is -0.738. The first kappa shape index (κ1) is 37.0. The SMILES string of the molecule is C#CCCC1(CCNC(=O)Cn2ccc(CNC(=O)c3nc(NC(=O)c4nsc5ccccc45)c([C@@H](C)c4cc(F)ccc4Cl)n3CC(C)=O)n2)N=N1. The maximum atomic E-state index is 14.5. The zero-order chi connectivity index (χ0) is 37.7. The molecule has 1 aliphatic heterocycles. The van der Waals surface area contributed by atoms with Crippen LogP contribution in [-0.2, 0) is 29.2 Å². The highest BCUT2D eigenvalue weighted by atomic mass is 35.5. The van der Waals surface area contributed by atoms with Crippen molar-refractivity contribution < 1.29 is 23.6 Å². The van der Waals surface area contributed by atoms with Crippen LogP contribution < -0.4 is 16.0 Å². The number of halogens is 2. The summed E-state index contributed by atoms with van der Waals surface area (Å²) in [5.41, 5.74) is 0.718. The van der Waals surface area contributed by atoms with E-state index in [-0.39, 0.29) is 59.4 Å². The first-order chi connectivity index (χ1) is 25.5. The van der Waals surface area contributed by atoms with Crippen molar-refractivity contribution in [2.24, 2.45) is 10.2 Å². The van der Waals surface area contributed by atoms with Gasteiger partial charge in [-0.1, -0.05) is 36.7 Å². The van der Waals surface area contributed by atoms with Gasteiger partial charge in [0, 0.05) is 48.3 Å². The van der Waals surface area contributed by atoms with E-state index in [0.717, 1.165) is 16.2 Å². The lowest BCUT2D eigenvalue weighted by atomic mass is 9.96. The normalized spacial score (nSPS) is 13.3. The van der Waals surface area contributed by atoms with Crippen molar-refractivity contribution in [3.63, 3.8) is 0 Å². The Morgan fingerprint density at radius 2 is 1.85 bits per heavy atom. The molecule has 3 aromatic heterocycles. The van der Waals surface area contributed by atoms with Gasteiger partial charge >= 0.3 is 0 Å². The first-order valence-electron chi connectivity index (χ1n) is 16.6. The van der Waals surface area contributed by atoms with Crippen LogP contribution in [0.1, 0.15) is 77.1 Å². The molecule has 1 aliphatic rings. The number of nitrogens with one attached hydrogen (secondary N) is 3. The second-order valence-corrected chi connectivity index (χ2v) is 13.7.